The number of hydrogen-bond donors (Lipinski definition) is 2. The van der Waals surface area contributed by atoms with Crippen LogP contribution < -0.4 is 9.86 Å². The molecule has 2 aliphatic rings. The summed E-state index contributed by atoms with van der Waals surface area (Å²) in [5, 5.41) is 5.07. The van der Waals surface area contributed by atoms with Gasteiger partial charge in [0.2, 0.25) is 21.8 Å². The predicted octanol–water partition coefficient (Wildman–Crippen LogP) is 2.12. The van der Waals surface area contributed by atoms with Gasteiger partial charge in [-0.1, -0.05) is 25.0 Å². The first-order valence-corrected chi connectivity index (χ1v) is 13.6. The van der Waals surface area contributed by atoms with Gasteiger partial charge in [-0.15, -0.1) is 0 Å². The van der Waals surface area contributed by atoms with Crippen LogP contribution in [0.2, 0.25) is 0 Å². The number of carbonyl (C=O) groups is 2. The van der Waals surface area contributed by atoms with Crippen molar-refractivity contribution >= 4 is 37.5 Å². The van der Waals surface area contributed by atoms with Gasteiger partial charge >= 0.3 is 0 Å². The zero-order valence-corrected chi connectivity index (χ0v) is 19.7. The molecule has 0 radical (unpaired) electrons. The molecular formula is C22H25N3O6S2. The average Bonchev–Trinajstić information content (AvgIpc) is 2.99. The van der Waals surface area contributed by atoms with Crippen LogP contribution in [0.4, 0.5) is 5.69 Å². The highest BCUT2D eigenvalue weighted by atomic mass is 32.2. The molecule has 1 aliphatic heterocycles. The SMILES string of the molecule is Cc1ccc(CN2C(=O)[C@H]3CCCC[C@H]3C2=O)cc1S(=O)(=O)Nc1ccc(S(N)(=O)=O)cc1. The van der Waals surface area contributed by atoms with E-state index in [-0.39, 0.29) is 45.7 Å². The number of rotatable bonds is 6. The Morgan fingerprint density at radius 1 is 0.939 bits per heavy atom. The van der Waals surface area contributed by atoms with Crippen LogP contribution in [-0.2, 0) is 36.2 Å². The fraction of sp³-hybridized carbons (Fsp3) is 0.364. The largest absolute Gasteiger partial charge is 0.280 e. The number of carbonyl (C=O) groups excluding carboxylic acids is 2. The highest BCUT2D eigenvalue weighted by Crippen LogP contribution is 2.38. The molecule has 2 aromatic rings. The van der Waals surface area contributed by atoms with E-state index in [9.17, 15) is 26.4 Å². The number of primary sulfonamides is 1. The van der Waals surface area contributed by atoms with Crippen molar-refractivity contribution in [2.45, 2.75) is 48.9 Å². The smallest absolute Gasteiger partial charge is 0.262 e. The zero-order chi connectivity index (χ0) is 24.0. The molecule has 176 valence electrons. The van der Waals surface area contributed by atoms with Crippen molar-refractivity contribution in [1.82, 2.24) is 4.90 Å². The lowest BCUT2D eigenvalue weighted by atomic mass is 9.81. The Kier molecular flexibility index (Phi) is 6.06. The van der Waals surface area contributed by atoms with Gasteiger partial charge in [0.05, 0.1) is 28.2 Å². The summed E-state index contributed by atoms with van der Waals surface area (Å²) >= 11 is 0. The molecular weight excluding hydrogens is 466 g/mol. The minimum atomic E-state index is -4.02. The maximum atomic E-state index is 13.0. The molecule has 2 aromatic carbocycles. The third-order valence-corrected chi connectivity index (χ3v) is 8.70. The molecule has 1 saturated carbocycles. The van der Waals surface area contributed by atoms with Crippen LogP contribution in [0.3, 0.4) is 0 Å². The number of fused-ring (bicyclic) bond motifs is 1. The van der Waals surface area contributed by atoms with E-state index in [0.29, 0.717) is 24.0 Å². The topological polar surface area (TPSA) is 144 Å². The minimum absolute atomic E-state index is 0.00651. The molecule has 0 bridgehead atoms. The van der Waals surface area contributed by atoms with E-state index < -0.39 is 20.0 Å². The molecule has 33 heavy (non-hydrogen) atoms. The first kappa shape index (κ1) is 23.4. The van der Waals surface area contributed by atoms with E-state index in [1.807, 2.05) is 0 Å². The first-order chi connectivity index (χ1) is 15.5. The number of imide groups is 1. The van der Waals surface area contributed by atoms with Gasteiger partial charge in [-0.25, -0.2) is 22.0 Å². The molecule has 3 N–H and O–H groups in total. The summed E-state index contributed by atoms with van der Waals surface area (Å²) in [4.78, 5) is 26.7. The Morgan fingerprint density at radius 3 is 2.06 bits per heavy atom. The predicted molar refractivity (Wildman–Crippen MR) is 121 cm³/mol. The number of anilines is 1. The van der Waals surface area contributed by atoms with Gasteiger partial charge in [-0.3, -0.25) is 19.2 Å². The van der Waals surface area contributed by atoms with Crippen LogP contribution >= 0.6 is 0 Å². The third-order valence-electron chi connectivity index (χ3n) is 6.25. The van der Waals surface area contributed by atoms with Crippen molar-refractivity contribution in [2.75, 3.05) is 4.72 Å². The summed E-state index contributed by atoms with van der Waals surface area (Å²) in [5.74, 6) is -0.880. The van der Waals surface area contributed by atoms with Gasteiger partial charge in [-0.05, 0) is 61.2 Å². The summed E-state index contributed by atoms with van der Waals surface area (Å²) in [6.07, 6.45) is 3.30. The van der Waals surface area contributed by atoms with E-state index in [1.54, 1.807) is 19.1 Å². The molecule has 0 spiro atoms. The lowest BCUT2D eigenvalue weighted by Crippen LogP contribution is -2.30. The van der Waals surface area contributed by atoms with E-state index >= 15 is 0 Å². The van der Waals surface area contributed by atoms with Gasteiger partial charge in [0, 0.05) is 5.69 Å². The minimum Gasteiger partial charge on any atom is -0.280 e. The molecule has 1 aliphatic carbocycles. The van der Waals surface area contributed by atoms with Crippen LogP contribution in [-0.4, -0.2) is 33.5 Å². The molecule has 1 saturated heterocycles. The summed E-state index contributed by atoms with van der Waals surface area (Å²) in [7, 11) is -7.91. The maximum Gasteiger partial charge on any atom is 0.262 e. The first-order valence-electron chi connectivity index (χ1n) is 10.6. The highest BCUT2D eigenvalue weighted by molar-refractivity contribution is 7.92. The van der Waals surface area contributed by atoms with Crippen molar-refractivity contribution in [3.05, 3.63) is 53.6 Å². The number of hydrogen-bond acceptors (Lipinski definition) is 6. The van der Waals surface area contributed by atoms with Crippen LogP contribution in [0.25, 0.3) is 0 Å². The Morgan fingerprint density at radius 2 is 1.52 bits per heavy atom. The zero-order valence-electron chi connectivity index (χ0n) is 18.0. The Balaban J connectivity index is 1.56. The monoisotopic (exact) mass is 491 g/mol. The lowest BCUT2D eigenvalue weighted by Gasteiger charge is -2.19. The molecule has 1 heterocycles. The van der Waals surface area contributed by atoms with Gasteiger partial charge in [0.15, 0.2) is 0 Å². The average molecular weight is 492 g/mol. The lowest BCUT2D eigenvalue weighted by molar-refractivity contribution is -0.140. The van der Waals surface area contributed by atoms with Gasteiger partial charge in [0.1, 0.15) is 0 Å². The second-order valence-corrected chi connectivity index (χ2v) is 11.7. The number of amides is 2. The molecule has 11 heteroatoms. The fourth-order valence-electron chi connectivity index (χ4n) is 4.52. The normalized spacial score (nSPS) is 21.2. The second-order valence-electron chi connectivity index (χ2n) is 8.53. The molecule has 2 amide bonds. The van der Waals surface area contributed by atoms with Crippen LogP contribution in [0.5, 0.6) is 0 Å². The van der Waals surface area contributed by atoms with Crippen molar-refractivity contribution in [1.29, 1.82) is 0 Å². The maximum absolute atomic E-state index is 13.0. The second kappa shape index (κ2) is 8.54. The Bertz CT molecular complexity index is 1300. The molecule has 0 unspecified atom stereocenters. The molecule has 2 fully saturated rings. The number of sulfonamides is 2. The van der Waals surface area contributed by atoms with E-state index in [2.05, 4.69) is 4.72 Å². The Labute approximate surface area is 193 Å². The standard InChI is InChI=1S/C22H25N3O6S2/c1-14-6-7-15(13-25-21(26)18-4-2-3-5-19(18)22(25)27)12-20(14)33(30,31)24-16-8-10-17(11-9-16)32(23,28)29/h6-12,18-19,24H,2-5,13H2,1H3,(H2,23,28,29)/t18-,19+. The van der Waals surface area contributed by atoms with Crippen molar-refractivity contribution in [3.8, 4) is 0 Å². The van der Waals surface area contributed by atoms with Crippen LogP contribution in [0, 0.1) is 18.8 Å². The number of nitrogens with one attached hydrogen (secondary N) is 1. The number of benzene rings is 2. The van der Waals surface area contributed by atoms with E-state index in [1.165, 1.54) is 35.2 Å². The number of likely N-dealkylation sites (tertiary alicyclic amines) is 1. The quantitative estimate of drug-likeness (QED) is 0.592. The fourth-order valence-corrected chi connectivity index (χ4v) is 6.39. The third kappa shape index (κ3) is 4.66. The molecule has 2 atom stereocenters. The molecule has 4 rings (SSSR count). The molecule has 0 aromatic heterocycles. The summed E-state index contributed by atoms with van der Waals surface area (Å²) in [5.41, 5.74) is 1.19. The van der Waals surface area contributed by atoms with Gasteiger partial charge < -0.3 is 0 Å². The summed E-state index contributed by atoms with van der Waals surface area (Å²) in [6, 6.07) is 9.82. The van der Waals surface area contributed by atoms with Crippen LogP contribution in [0.1, 0.15) is 36.8 Å². The van der Waals surface area contributed by atoms with Gasteiger partial charge in [-0.2, -0.15) is 0 Å². The van der Waals surface area contributed by atoms with Crippen molar-refractivity contribution < 1.29 is 26.4 Å². The van der Waals surface area contributed by atoms with E-state index in [4.69, 9.17) is 5.14 Å². The summed E-state index contributed by atoms with van der Waals surface area (Å²) in [6.45, 7) is 1.67. The number of nitrogens with zero attached hydrogens (tertiary/aromatic N) is 1. The van der Waals surface area contributed by atoms with Crippen molar-refractivity contribution in [3.63, 3.8) is 0 Å². The Hall–Kier alpha value is -2.76. The highest BCUT2D eigenvalue weighted by Gasteiger charge is 2.47. The van der Waals surface area contributed by atoms with Crippen LogP contribution in [0.15, 0.2) is 52.3 Å². The number of nitrogens with two attached hydrogens (primary N) is 1. The van der Waals surface area contributed by atoms with E-state index in [0.717, 1.165) is 12.8 Å². The van der Waals surface area contributed by atoms with Crippen molar-refractivity contribution in [2.24, 2.45) is 17.0 Å². The summed E-state index contributed by atoms with van der Waals surface area (Å²) < 4.78 is 51.3. The number of aryl methyl sites for hydroxylation is 1. The van der Waals surface area contributed by atoms with Gasteiger partial charge in [0.25, 0.3) is 10.0 Å². The molecule has 9 nitrogen and oxygen atoms in total.